The summed E-state index contributed by atoms with van der Waals surface area (Å²) in [6, 6.07) is 0. The fourth-order valence-electron chi connectivity index (χ4n) is 2.02. The summed E-state index contributed by atoms with van der Waals surface area (Å²) in [6.45, 7) is 2.12. The molecule has 2 heteroatoms. The van der Waals surface area contributed by atoms with E-state index in [9.17, 15) is 5.11 Å². The number of aliphatic hydroxyl groups is 1. The van der Waals surface area contributed by atoms with Gasteiger partial charge in [0.2, 0.25) is 0 Å². The Hall–Kier alpha value is 0. The zero-order chi connectivity index (χ0) is 9.03. The second-order valence-corrected chi connectivity index (χ2v) is 3.89. The van der Waals surface area contributed by atoms with Crippen LogP contribution < -0.4 is 0 Å². The number of hydrogen-bond acceptors (Lipinski definition) is 1. The first-order chi connectivity index (χ1) is 5.73. The quantitative estimate of drug-likeness (QED) is 0.688. The lowest BCUT2D eigenvalue weighted by atomic mass is 9.75. The maximum atomic E-state index is 10.1. The van der Waals surface area contributed by atoms with Gasteiger partial charge in [0.05, 0.1) is 0 Å². The van der Waals surface area contributed by atoms with Crippen LogP contribution in [-0.4, -0.2) is 10.7 Å². The molecule has 1 N–H and O–H groups in total. The molecule has 1 aliphatic carbocycles. The third kappa shape index (κ3) is 2.02. The SMILES string of the molecule is CC[C@@H]1CCCC[C@]1(O)C#CBr. The Morgan fingerprint density at radius 2 is 2.33 bits per heavy atom. The van der Waals surface area contributed by atoms with Crippen molar-refractivity contribution in [3.8, 4) is 10.8 Å². The average Bonchev–Trinajstić information content (AvgIpc) is 2.05. The van der Waals surface area contributed by atoms with Gasteiger partial charge in [0, 0.05) is 15.9 Å². The number of hydrogen-bond donors (Lipinski definition) is 1. The van der Waals surface area contributed by atoms with E-state index in [2.05, 4.69) is 33.6 Å². The highest BCUT2D eigenvalue weighted by atomic mass is 79.9. The van der Waals surface area contributed by atoms with Crippen molar-refractivity contribution in [2.24, 2.45) is 5.92 Å². The summed E-state index contributed by atoms with van der Waals surface area (Å²) in [5.74, 6) is 3.26. The molecule has 0 aliphatic heterocycles. The maximum absolute atomic E-state index is 10.1. The molecular formula is C10H15BrO. The van der Waals surface area contributed by atoms with Crippen molar-refractivity contribution in [3.05, 3.63) is 0 Å². The second-order valence-electron chi connectivity index (χ2n) is 3.49. The molecule has 1 aliphatic rings. The molecule has 0 unspecified atom stereocenters. The molecule has 12 heavy (non-hydrogen) atoms. The Balaban J connectivity index is 2.73. The van der Waals surface area contributed by atoms with Crippen LogP contribution in [-0.2, 0) is 0 Å². The van der Waals surface area contributed by atoms with Crippen LogP contribution in [0.15, 0.2) is 0 Å². The van der Waals surface area contributed by atoms with Crippen LogP contribution in [0.25, 0.3) is 0 Å². The monoisotopic (exact) mass is 230 g/mol. The van der Waals surface area contributed by atoms with E-state index in [1.54, 1.807) is 0 Å². The lowest BCUT2D eigenvalue weighted by Gasteiger charge is -2.35. The van der Waals surface area contributed by atoms with Crippen molar-refractivity contribution in [2.45, 2.75) is 44.6 Å². The molecule has 0 saturated heterocycles. The van der Waals surface area contributed by atoms with Gasteiger partial charge in [-0.15, -0.1) is 0 Å². The van der Waals surface area contributed by atoms with Gasteiger partial charge in [-0.25, -0.2) is 0 Å². The van der Waals surface area contributed by atoms with Crippen molar-refractivity contribution in [1.82, 2.24) is 0 Å². The minimum absolute atomic E-state index is 0.372. The highest BCUT2D eigenvalue weighted by Crippen LogP contribution is 2.35. The maximum Gasteiger partial charge on any atom is 0.129 e. The Morgan fingerprint density at radius 1 is 1.58 bits per heavy atom. The third-order valence-electron chi connectivity index (χ3n) is 2.79. The van der Waals surface area contributed by atoms with Crippen molar-refractivity contribution < 1.29 is 5.11 Å². The minimum atomic E-state index is -0.712. The first-order valence-electron chi connectivity index (χ1n) is 4.58. The van der Waals surface area contributed by atoms with Gasteiger partial charge in [-0.3, -0.25) is 0 Å². The lowest BCUT2D eigenvalue weighted by Crippen LogP contribution is -2.38. The molecule has 0 aromatic heterocycles. The topological polar surface area (TPSA) is 20.2 Å². The van der Waals surface area contributed by atoms with E-state index in [4.69, 9.17) is 0 Å². The molecule has 0 aromatic carbocycles. The van der Waals surface area contributed by atoms with Crippen LogP contribution in [0.5, 0.6) is 0 Å². The van der Waals surface area contributed by atoms with E-state index in [1.807, 2.05) is 0 Å². The van der Waals surface area contributed by atoms with Crippen molar-refractivity contribution in [3.63, 3.8) is 0 Å². The summed E-state index contributed by atoms with van der Waals surface area (Å²) in [5, 5.41) is 10.1. The predicted molar refractivity (Wildman–Crippen MR) is 53.9 cm³/mol. The van der Waals surface area contributed by atoms with Gasteiger partial charge in [0.25, 0.3) is 0 Å². The molecule has 0 radical (unpaired) electrons. The van der Waals surface area contributed by atoms with Crippen molar-refractivity contribution >= 4 is 15.9 Å². The van der Waals surface area contributed by atoms with Gasteiger partial charge in [0.15, 0.2) is 0 Å². The lowest BCUT2D eigenvalue weighted by molar-refractivity contribution is 0.00281. The zero-order valence-corrected chi connectivity index (χ0v) is 9.02. The molecule has 1 rings (SSSR count). The summed E-state index contributed by atoms with van der Waals surface area (Å²) >= 11 is 3.06. The highest BCUT2D eigenvalue weighted by molar-refractivity contribution is 9.12. The molecule has 0 bridgehead atoms. The Morgan fingerprint density at radius 3 is 2.92 bits per heavy atom. The molecule has 0 spiro atoms. The average molecular weight is 231 g/mol. The van der Waals surface area contributed by atoms with Crippen LogP contribution in [0.4, 0.5) is 0 Å². The van der Waals surface area contributed by atoms with Crippen molar-refractivity contribution in [2.75, 3.05) is 0 Å². The summed E-state index contributed by atoms with van der Waals surface area (Å²) in [7, 11) is 0. The Bertz CT molecular complexity index is 204. The van der Waals surface area contributed by atoms with E-state index >= 15 is 0 Å². The first-order valence-corrected chi connectivity index (χ1v) is 5.37. The largest absolute Gasteiger partial charge is 0.377 e. The smallest absolute Gasteiger partial charge is 0.129 e. The van der Waals surface area contributed by atoms with E-state index in [0.717, 1.165) is 25.7 Å². The fourth-order valence-corrected chi connectivity index (χ4v) is 2.36. The van der Waals surface area contributed by atoms with Crippen LogP contribution in [0.1, 0.15) is 39.0 Å². The van der Waals surface area contributed by atoms with E-state index < -0.39 is 5.60 Å². The van der Waals surface area contributed by atoms with Crippen LogP contribution in [0, 0.1) is 16.7 Å². The minimum Gasteiger partial charge on any atom is -0.377 e. The van der Waals surface area contributed by atoms with E-state index in [1.165, 1.54) is 6.42 Å². The standard InChI is InChI=1S/C10H15BrO/c1-2-9-5-3-4-6-10(9,12)7-8-11/h9,12H,2-6H2,1H3/t9-,10+/m1/s1. The molecular weight excluding hydrogens is 216 g/mol. The van der Waals surface area contributed by atoms with Gasteiger partial charge >= 0.3 is 0 Å². The summed E-state index contributed by atoms with van der Waals surface area (Å²) in [6.07, 6.45) is 5.33. The molecule has 68 valence electrons. The van der Waals surface area contributed by atoms with Gasteiger partial charge in [0.1, 0.15) is 5.60 Å². The van der Waals surface area contributed by atoms with Crippen molar-refractivity contribution in [1.29, 1.82) is 0 Å². The molecule has 2 atom stereocenters. The number of halogens is 1. The summed E-state index contributed by atoms with van der Waals surface area (Å²) in [5.41, 5.74) is -0.712. The number of rotatable bonds is 1. The second kappa shape index (κ2) is 4.30. The van der Waals surface area contributed by atoms with E-state index in [0.29, 0.717) is 5.92 Å². The normalized spacial score (nSPS) is 35.4. The molecule has 1 nitrogen and oxygen atoms in total. The van der Waals surface area contributed by atoms with Gasteiger partial charge < -0.3 is 5.11 Å². The van der Waals surface area contributed by atoms with Crippen LogP contribution in [0.2, 0.25) is 0 Å². The molecule has 1 saturated carbocycles. The molecule has 1 fully saturated rings. The van der Waals surface area contributed by atoms with Gasteiger partial charge in [-0.2, -0.15) is 0 Å². The molecule has 0 heterocycles. The highest BCUT2D eigenvalue weighted by Gasteiger charge is 2.35. The van der Waals surface area contributed by atoms with E-state index in [-0.39, 0.29) is 0 Å². The zero-order valence-electron chi connectivity index (χ0n) is 7.44. The summed E-state index contributed by atoms with van der Waals surface area (Å²) < 4.78 is 0. The third-order valence-corrected chi connectivity index (χ3v) is 2.99. The fraction of sp³-hybridized carbons (Fsp3) is 0.800. The van der Waals surface area contributed by atoms with Gasteiger partial charge in [-0.1, -0.05) is 19.3 Å². The molecule has 0 amide bonds. The summed E-state index contributed by atoms with van der Waals surface area (Å²) in [4.78, 5) is 2.65. The first kappa shape index (κ1) is 10.1. The van der Waals surface area contributed by atoms with Gasteiger partial charge in [-0.05, 0) is 36.4 Å². The van der Waals surface area contributed by atoms with Crippen LogP contribution in [0.3, 0.4) is 0 Å². The Labute approximate surface area is 82.7 Å². The molecule has 0 aromatic rings. The Kier molecular flexibility index (Phi) is 3.61. The van der Waals surface area contributed by atoms with Crippen LogP contribution >= 0.6 is 15.9 Å². The predicted octanol–water partition coefficient (Wildman–Crippen LogP) is 2.67.